The van der Waals surface area contributed by atoms with Crippen LogP contribution in [0.15, 0.2) is 30.5 Å². The molecule has 0 saturated heterocycles. The summed E-state index contributed by atoms with van der Waals surface area (Å²) in [6.45, 7) is 4.15. The van der Waals surface area contributed by atoms with Crippen LogP contribution in [0, 0.1) is 0 Å². The number of fused-ring (bicyclic) bond motifs is 1. The van der Waals surface area contributed by atoms with Crippen LogP contribution in [-0.4, -0.2) is 16.9 Å². The fraction of sp³-hybridized carbons (Fsp3) is 0.438. The zero-order chi connectivity index (χ0) is 13.5. The van der Waals surface area contributed by atoms with Crippen LogP contribution in [0.4, 0.5) is 0 Å². The van der Waals surface area contributed by atoms with Gasteiger partial charge in [0.2, 0.25) is 5.91 Å². The molecule has 1 aliphatic carbocycles. The maximum absolute atomic E-state index is 12.5. The number of amides is 1. The van der Waals surface area contributed by atoms with Gasteiger partial charge in [0.05, 0.1) is 5.41 Å². The minimum absolute atomic E-state index is 0.187. The fourth-order valence-electron chi connectivity index (χ4n) is 2.68. The number of benzene rings is 1. The number of carbonyl (C=O) groups excluding carboxylic acids is 1. The van der Waals surface area contributed by atoms with Gasteiger partial charge in [0.1, 0.15) is 0 Å². The van der Waals surface area contributed by atoms with E-state index in [9.17, 15) is 4.79 Å². The molecule has 1 amide bonds. The molecule has 1 aromatic heterocycles. The smallest absolute Gasteiger partial charge is 0.230 e. The summed E-state index contributed by atoms with van der Waals surface area (Å²) in [6.07, 6.45) is 4.89. The van der Waals surface area contributed by atoms with E-state index in [1.807, 2.05) is 18.3 Å². The molecule has 1 aliphatic rings. The van der Waals surface area contributed by atoms with Crippen molar-refractivity contribution >= 4 is 16.8 Å². The molecule has 0 radical (unpaired) electrons. The van der Waals surface area contributed by atoms with E-state index in [4.69, 9.17) is 0 Å². The summed E-state index contributed by atoms with van der Waals surface area (Å²) in [5.74, 6) is 0.187. The third-order valence-electron chi connectivity index (χ3n) is 4.28. The van der Waals surface area contributed by atoms with Crippen molar-refractivity contribution in [2.45, 2.75) is 44.6 Å². The molecule has 100 valence electrons. The summed E-state index contributed by atoms with van der Waals surface area (Å²) in [5, 5.41) is 4.31. The quantitative estimate of drug-likeness (QED) is 0.867. The van der Waals surface area contributed by atoms with E-state index < -0.39 is 0 Å². The Morgan fingerprint density at radius 3 is 2.84 bits per heavy atom. The minimum atomic E-state index is -0.289. The summed E-state index contributed by atoms with van der Waals surface area (Å²) in [4.78, 5) is 15.8. The number of hydrogen-bond acceptors (Lipinski definition) is 1. The maximum atomic E-state index is 12.5. The van der Waals surface area contributed by atoms with Crippen LogP contribution in [-0.2, 0) is 10.2 Å². The van der Waals surface area contributed by atoms with Crippen LogP contribution >= 0.6 is 0 Å². The second-order valence-corrected chi connectivity index (χ2v) is 5.61. The second-order valence-electron chi connectivity index (χ2n) is 5.61. The van der Waals surface area contributed by atoms with Crippen molar-refractivity contribution in [1.82, 2.24) is 10.3 Å². The molecular formula is C16H20N2O. The number of carbonyl (C=O) groups is 1. The van der Waals surface area contributed by atoms with Gasteiger partial charge in [0.25, 0.3) is 0 Å². The van der Waals surface area contributed by atoms with E-state index in [1.165, 1.54) is 5.39 Å². The van der Waals surface area contributed by atoms with E-state index in [-0.39, 0.29) is 17.4 Å². The first-order valence-corrected chi connectivity index (χ1v) is 7.05. The summed E-state index contributed by atoms with van der Waals surface area (Å²) in [6, 6.07) is 8.44. The van der Waals surface area contributed by atoms with E-state index >= 15 is 0 Å². The second kappa shape index (κ2) is 4.41. The van der Waals surface area contributed by atoms with Gasteiger partial charge in [0, 0.05) is 23.1 Å². The molecule has 1 heterocycles. The number of rotatable bonds is 4. The normalized spacial score (nSPS) is 18.2. The lowest BCUT2D eigenvalue weighted by Crippen LogP contribution is -2.39. The fourth-order valence-corrected chi connectivity index (χ4v) is 2.68. The summed E-state index contributed by atoms with van der Waals surface area (Å²) >= 11 is 0. The molecule has 0 aliphatic heterocycles. The van der Waals surface area contributed by atoms with E-state index in [0.717, 1.165) is 30.3 Å². The molecular weight excluding hydrogens is 236 g/mol. The molecule has 1 fully saturated rings. The molecule has 3 nitrogen and oxygen atoms in total. The van der Waals surface area contributed by atoms with Crippen molar-refractivity contribution in [2.75, 3.05) is 0 Å². The molecule has 2 N–H and O–H groups in total. The molecule has 1 unspecified atom stereocenters. The van der Waals surface area contributed by atoms with E-state index in [0.29, 0.717) is 0 Å². The van der Waals surface area contributed by atoms with E-state index in [1.54, 1.807) is 0 Å². The molecule has 1 aromatic carbocycles. The van der Waals surface area contributed by atoms with Gasteiger partial charge < -0.3 is 10.3 Å². The molecule has 0 bridgehead atoms. The Morgan fingerprint density at radius 2 is 2.16 bits per heavy atom. The summed E-state index contributed by atoms with van der Waals surface area (Å²) in [7, 11) is 0. The Labute approximate surface area is 113 Å². The lowest BCUT2D eigenvalue weighted by Gasteiger charge is -2.18. The Kier molecular flexibility index (Phi) is 2.85. The van der Waals surface area contributed by atoms with Crippen molar-refractivity contribution in [3.63, 3.8) is 0 Å². The average molecular weight is 256 g/mol. The number of H-pyrrole nitrogens is 1. The lowest BCUT2D eigenvalue weighted by atomic mass is 9.94. The van der Waals surface area contributed by atoms with Crippen LogP contribution in [0.25, 0.3) is 10.9 Å². The van der Waals surface area contributed by atoms with Crippen LogP contribution in [0.3, 0.4) is 0 Å². The maximum Gasteiger partial charge on any atom is 0.230 e. The molecule has 2 aromatic rings. The number of hydrogen-bond donors (Lipinski definition) is 2. The van der Waals surface area contributed by atoms with Crippen molar-refractivity contribution < 1.29 is 4.79 Å². The standard InChI is InChI=1S/C16H20N2O/c1-3-11(2)18-15(19)16(8-9-16)13-10-17-14-7-5-4-6-12(13)14/h4-7,10-11,17H,3,8-9H2,1-2H3,(H,18,19). The first-order valence-electron chi connectivity index (χ1n) is 7.05. The van der Waals surface area contributed by atoms with Crippen molar-refractivity contribution in [3.8, 4) is 0 Å². The highest BCUT2D eigenvalue weighted by atomic mass is 16.2. The number of aromatic amines is 1. The predicted molar refractivity (Wildman–Crippen MR) is 77.1 cm³/mol. The predicted octanol–water partition coefficient (Wildman–Crippen LogP) is 3.11. The van der Waals surface area contributed by atoms with Gasteiger partial charge >= 0.3 is 0 Å². The third kappa shape index (κ3) is 1.93. The summed E-state index contributed by atoms with van der Waals surface area (Å²) in [5.41, 5.74) is 1.98. The van der Waals surface area contributed by atoms with Gasteiger partial charge in [-0.2, -0.15) is 0 Å². The molecule has 0 spiro atoms. The topological polar surface area (TPSA) is 44.9 Å². The highest BCUT2D eigenvalue weighted by Gasteiger charge is 2.52. The van der Waals surface area contributed by atoms with Gasteiger partial charge in [0.15, 0.2) is 0 Å². The van der Waals surface area contributed by atoms with Gasteiger partial charge in [-0.05, 0) is 37.8 Å². The number of para-hydroxylation sites is 1. The van der Waals surface area contributed by atoms with Crippen molar-refractivity contribution in [3.05, 3.63) is 36.0 Å². The Balaban J connectivity index is 1.94. The van der Waals surface area contributed by atoms with Gasteiger partial charge in [-0.15, -0.1) is 0 Å². The Hall–Kier alpha value is -1.77. The highest BCUT2D eigenvalue weighted by molar-refractivity contribution is 5.97. The summed E-state index contributed by atoms with van der Waals surface area (Å²) < 4.78 is 0. The molecule has 19 heavy (non-hydrogen) atoms. The average Bonchev–Trinajstić information content (AvgIpc) is 3.12. The van der Waals surface area contributed by atoms with Gasteiger partial charge in [-0.25, -0.2) is 0 Å². The Morgan fingerprint density at radius 1 is 1.42 bits per heavy atom. The van der Waals surface area contributed by atoms with Crippen molar-refractivity contribution in [2.24, 2.45) is 0 Å². The molecule has 3 heteroatoms. The van der Waals surface area contributed by atoms with Gasteiger partial charge in [-0.3, -0.25) is 4.79 Å². The Bertz CT molecular complexity index is 610. The zero-order valence-corrected chi connectivity index (χ0v) is 11.5. The first kappa shape index (κ1) is 12.3. The molecule has 3 rings (SSSR count). The minimum Gasteiger partial charge on any atom is -0.361 e. The highest BCUT2D eigenvalue weighted by Crippen LogP contribution is 2.50. The van der Waals surface area contributed by atoms with Gasteiger partial charge in [-0.1, -0.05) is 25.1 Å². The van der Waals surface area contributed by atoms with Crippen LogP contribution in [0.5, 0.6) is 0 Å². The van der Waals surface area contributed by atoms with Crippen molar-refractivity contribution in [1.29, 1.82) is 0 Å². The third-order valence-corrected chi connectivity index (χ3v) is 4.28. The van der Waals surface area contributed by atoms with E-state index in [2.05, 4.69) is 36.3 Å². The lowest BCUT2D eigenvalue weighted by molar-refractivity contribution is -0.124. The largest absolute Gasteiger partial charge is 0.361 e. The monoisotopic (exact) mass is 256 g/mol. The first-order chi connectivity index (χ1) is 9.17. The SMILES string of the molecule is CCC(C)NC(=O)C1(c2c[nH]c3ccccc23)CC1. The van der Waals surface area contributed by atoms with Crippen LogP contribution in [0.1, 0.15) is 38.7 Å². The zero-order valence-electron chi connectivity index (χ0n) is 11.5. The molecule has 1 atom stereocenters. The van der Waals surface area contributed by atoms with Crippen LogP contribution < -0.4 is 5.32 Å². The number of aromatic nitrogens is 1. The number of nitrogens with one attached hydrogen (secondary N) is 2. The molecule has 1 saturated carbocycles. The van der Waals surface area contributed by atoms with Crippen LogP contribution in [0.2, 0.25) is 0 Å².